The van der Waals surface area contributed by atoms with Crippen LogP contribution < -0.4 is 15.4 Å². The van der Waals surface area contributed by atoms with E-state index < -0.39 is 6.10 Å². The van der Waals surface area contributed by atoms with Gasteiger partial charge in [-0.15, -0.1) is 12.4 Å². The minimum Gasteiger partial charge on any atom is -0.491 e. The number of carbonyl (C=O) groups excluding carboxylic acids is 1. The Bertz CT molecular complexity index is 479. The number of nitrogens with one attached hydrogen (secondary N) is 2. The van der Waals surface area contributed by atoms with Crippen molar-refractivity contribution >= 4 is 18.3 Å². The summed E-state index contributed by atoms with van der Waals surface area (Å²) in [6.07, 6.45) is 1.95. The van der Waals surface area contributed by atoms with Gasteiger partial charge in [-0.25, -0.2) is 0 Å². The average Bonchev–Trinajstić information content (AvgIpc) is 2.52. The Morgan fingerprint density at radius 3 is 2.87 bits per heavy atom. The second kappa shape index (κ2) is 10.5. The van der Waals surface area contributed by atoms with E-state index >= 15 is 0 Å². The first kappa shape index (κ1) is 19.7. The molecule has 0 aliphatic carbocycles. The lowest BCUT2D eigenvalue weighted by Gasteiger charge is -2.22. The lowest BCUT2D eigenvalue weighted by Crippen LogP contribution is -2.37. The Morgan fingerprint density at radius 2 is 2.17 bits per heavy atom. The third kappa shape index (κ3) is 7.68. The van der Waals surface area contributed by atoms with Gasteiger partial charge in [0.25, 0.3) is 0 Å². The fourth-order valence-corrected chi connectivity index (χ4v) is 2.61. The molecule has 1 fully saturated rings. The van der Waals surface area contributed by atoms with Crippen molar-refractivity contribution in [1.29, 1.82) is 0 Å². The molecule has 3 N–H and O–H groups in total. The number of aliphatic hydroxyl groups is 1. The van der Waals surface area contributed by atoms with E-state index in [1.54, 1.807) is 0 Å². The molecule has 1 amide bonds. The van der Waals surface area contributed by atoms with Gasteiger partial charge >= 0.3 is 0 Å². The molecule has 0 aromatic heterocycles. The summed E-state index contributed by atoms with van der Waals surface area (Å²) < 4.78 is 5.52. The number of hydrogen-bond acceptors (Lipinski definition) is 4. The summed E-state index contributed by atoms with van der Waals surface area (Å²) in [7, 11) is 0. The predicted octanol–water partition coefficient (Wildman–Crippen LogP) is 1.66. The largest absolute Gasteiger partial charge is 0.491 e. The highest BCUT2D eigenvalue weighted by molar-refractivity contribution is 5.85. The molecule has 23 heavy (non-hydrogen) atoms. The van der Waals surface area contributed by atoms with Crippen LogP contribution in [-0.4, -0.2) is 43.4 Å². The number of amides is 1. The van der Waals surface area contributed by atoms with Crippen molar-refractivity contribution in [3.8, 4) is 5.75 Å². The van der Waals surface area contributed by atoms with Crippen LogP contribution in [0.5, 0.6) is 5.75 Å². The summed E-state index contributed by atoms with van der Waals surface area (Å²) in [6, 6.07) is 7.68. The zero-order chi connectivity index (χ0) is 15.8. The highest BCUT2D eigenvalue weighted by atomic mass is 35.5. The average molecular weight is 343 g/mol. The van der Waals surface area contributed by atoms with Crippen LogP contribution in [0.15, 0.2) is 24.3 Å². The molecular weight excluding hydrogens is 316 g/mol. The number of carbonyl (C=O) groups is 1. The van der Waals surface area contributed by atoms with E-state index in [2.05, 4.69) is 10.6 Å². The van der Waals surface area contributed by atoms with E-state index in [1.807, 2.05) is 31.2 Å². The molecule has 1 heterocycles. The molecule has 1 unspecified atom stereocenters. The zero-order valence-corrected chi connectivity index (χ0v) is 14.4. The monoisotopic (exact) mass is 342 g/mol. The van der Waals surface area contributed by atoms with Gasteiger partial charge in [0.15, 0.2) is 0 Å². The molecule has 1 aliphatic rings. The molecule has 0 spiro atoms. The van der Waals surface area contributed by atoms with Gasteiger partial charge in [-0.05, 0) is 56.5 Å². The minimum absolute atomic E-state index is 0. The summed E-state index contributed by atoms with van der Waals surface area (Å²) >= 11 is 0. The standard InChI is InChI=1S/C17H26N2O3.ClH/c1-13-3-2-4-16(9-13)22-12-15(20)11-19-17(21)10-14-5-7-18-8-6-14;/h2-4,9,14-15,18,20H,5-8,10-12H2,1H3,(H,19,21);1H. The van der Waals surface area contributed by atoms with Crippen molar-refractivity contribution in [3.63, 3.8) is 0 Å². The number of rotatable bonds is 7. The summed E-state index contributed by atoms with van der Waals surface area (Å²) in [6.45, 7) is 4.38. The van der Waals surface area contributed by atoms with Gasteiger partial charge < -0.3 is 20.5 Å². The molecule has 5 nitrogen and oxygen atoms in total. The van der Waals surface area contributed by atoms with Gasteiger partial charge in [-0.2, -0.15) is 0 Å². The Balaban J connectivity index is 0.00000264. The van der Waals surface area contributed by atoms with Gasteiger partial charge in [0.2, 0.25) is 5.91 Å². The van der Waals surface area contributed by atoms with Crippen molar-refractivity contribution in [2.75, 3.05) is 26.2 Å². The number of hydrogen-bond donors (Lipinski definition) is 3. The van der Waals surface area contributed by atoms with Crippen molar-refractivity contribution in [3.05, 3.63) is 29.8 Å². The van der Waals surface area contributed by atoms with E-state index in [9.17, 15) is 9.90 Å². The molecule has 2 rings (SSSR count). The first-order chi connectivity index (χ1) is 10.6. The van der Waals surface area contributed by atoms with Crippen LogP contribution in [0, 0.1) is 12.8 Å². The lowest BCUT2D eigenvalue weighted by molar-refractivity contribution is -0.122. The maximum absolute atomic E-state index is 11.9. The maximum atomic E-state index is 11.9. The highest BCUT2D eigenvalue weighted by Gasteiger charge is 2.17. The van der Waals surface area contributed by atoms with Crippen LogP contribution in [0.2, 0.25) is 0 Å². The van der Waals surface area contributed by atoms with Crippen molar-refractivity contribution < 1.29 is 14.6 Å². The van der Waals surface area contributed by atoms with E-state index in [0.717, 1.165) is 37.2 Å². The molecule has 6 heteroatoms. The van der Waals surface area contributed by atoms with E-state index in [0.29, 0.717) is 12.3 Å². The van der Waals surface area contributed by atoms with E-state index in [-0.39, 0.29) is 31.5 Å². The van der Waals surface area contributed by atoms with Crippen LogP contribution >= 0.6 is 12.4 Å². The predicted molar refractivity (Wildman–Crippen MR) is 93.1 cm³/mol. The number of aryl methyl sites for hydroxylation is 1. The molecule has 1 aromatic rings. The molecule has 1 aliphatic heterocycles. The van der Waals surface area contributed by atoms with Crippen LogP contribution in [-0.2, 0) is 4.79 Å². The van der Waals surface area contributed by atoms with Gasteiger partial charge in [-0.3, -0.25) is 4.79 Å². The second-order valence-corrected chi connectivity index (χ2v) is 5.98. The highest BCUT2D eigenvalue weighted by Crippen LogP contribution is 2.15. The molecule has 0 bridgehead atoms. The fraction of sp³-hybridized carbons (Fsp3) is 0.588. The van der Waals surface area contributed by atoms with Crippen molar-refractivity contribution in [2.24, 2.45) is 5.92 Å². The van der Waals surface area contributed by atoms with Crippen LogP contribution in [0.3, 0.4) is 0 Å². The molecule has 0 saturated carbocycles. The normalized spacial score (nSPS) is 16.3. The quantitative estimate of drug-likeness (QED) is 0.705. The topological polar surface area (TPSA) is 70.6 Å². The lowest BCUT2D eigenvalue weighted by atomic mass is 9.94. The molecule has 0 radical (unpaired) electrons. The van der Waals surface area contributed by atoms with E-state index in [1.165, 1.54) is 0 Å². The summed E-state index contributed by atoms with van der Waals surface area (Å²) in [4.78, 5) is 11.9. The minimum atomic E-state index is -0.697. The zero-order valence-electron chi connectivity index (χ0n) is 13.6. The summed E-state index contributed by atoms with van der Waals surface area (Å²) in [5, 5.41) is 16.0. The van der Waals surface area contributed by atoms with E-state index in [4.69, 9.17) is 4.74 Å². The van der Waals surface area contributed by atoms with Crippen LogP contribution in [0.1, 0.15) is 24.8 Å². The molecular formula is C17H27ClN2O3. The third-order valence-corrected chi connectivity index (χ3v) is 3.90. The summed E-state index contributed by atoms with van der Waals surface area (Å²) in [5.41, 5.74) is 1.11. The Morgan fingerprint density at radius 1 is 1.43 bits per heavy atom. The Labute approximate surface area is 144 Å². The number of ether oxygens (including phenoxy) is 1. The van der Waals surface area contributed by atoms with Crippen molar-refractivity contribution in [2.45, 2.75) is 32.3 Å². The molecule has 1 aromatic carbocycles. The number of aliphatic hydroxyl groups excluding tert-OH is 1. The number of halogens is 1. The Hall–Kier alpha value is -1.30. The maximum Gasteiger partial charge on any atom is 0.220 e. The molecule has 130 valence electrons. The first-order valence-corrected chi connectivity index (χ1v) is 7.98. The smallest absolute Gasteiger partial charge is 0.220 e. The number of benzene rings is 1. The molecule has 1 atom stereocenters. The SMILES string of the molecule is Cc1cccc(OCC(O)CNC(=O)CC2CCNCC2)c1.Cl. The van der Waals surface area contributed by atoms with Crippen molar-refractivity contribution in [1.82, 2.24) is 10.6 Å². The van der Waals surface area contributed by atoms with Gasteiger partial charge in [0, 0.05) is 13.0 Å². The van der Waals surface area contributed by atoms with Crippen LogP contribution in [0.4, 0.5) is 0 Å². The second-order valence-electron chi connectivity index (χ2n) is 5.98. The van der Waals surface area contributed by atoms with Crippen LogP contribution in [0.25, 0.3) is 0 Å². The number of piperidine rings is 1. The fourth-order valence-electron chi connectivity index (χ4n) is 2.61. The Kier molecular flexibility index (Phi) is 8.99. The molecule has 1 saturated heterocycles. The van der Waals surface area contributed by atoms with Gasteiger partial charge in [0.1, 0.15) is 18.5 Å². The van der Waals surface area contributed by atoms with Gasteiger partial charge in [0.05, 0.1) is 0 Å². The third-order valence-electron chi connectivity index (χ3n) is 3.90. The summed E-state index contributed by atoms with van der Waals surface area (Å²) in [5.74, 6) is 1.21. The first-order valence-electron chi connectivity index (χ1n) is 7.98. The van der Waals surface area contributed by atoms with Gasteiger partial charge in [-0.1, -0.05) is 12.1 Å².